The summed E-state index contributed by atoms with van der Waals surface area (Å²) in [5, 5.41) is 18.3. The minimum absolute atomic E-state index is 0.506. The van der Waals surface area contributed by atoms with E-state index in [4.69, 9.17) is 0 Å². The maximum absolute atomic E-state index is 9.52. The van der Waals surface area contributed by atoms with Gasteiger partial charge in [-0.2, -0.15) is 5.10 Å². The van der Waals surface area contributed by atoms with Crippen LogP contribution in [0, 0.1) is 0 Å². The Kier molecular flexibility index (Phi) is 2.78. The molecule has 1 unspecified atom stereocenters. The van der Waals surface area contributed by atoms with Crippen LogP contribution in [0.15, 0.2) is 30.7 Å². The lowest BCUT2D eigenvalue weighted by Gasteiger charge is -1.98. The lowest BCUT2D eigenvalue weighted by atomic mass is 10.2. The molecular weight excluding hydrogens is 266 g/mol. The second kappa shape index (κ2) is 4.66. The smallest absolute Gasteiger partial charge is 0.173 e. The minimum atomic E-state index is -0.506. The van der Waals surface area contributed by atoms with Gasteiger partial charge in [0.15, 0.2) is 11.5 Å². The predicted molar refractivity (Wildman–Crippen MR) is 76.9 cm³/mol. The number of aliphatic hydroxyl groups excluding tert-OH is 1. The Balaban J connectivity index is 1.60. The van der Waals surface area contributed by atoms with Crippen molar-refractivity contribution in [3.63, 3.8) is 0 Å². The fraction of sp³-hybridized carbons (Fsp3) is 0.400. The maximum Gasteiger partial charge on any atom is 0.173 e. The third-order valence-corrected chi connectivity index (χ3v) is 3.89. The number of aromatic nitrogens is 5. The SMILES string of the molecule is CC(O)c1cnn(Cc2nc3ccc(C4CC4)cn3n2)c1. The first-order chi connectivity index (χ1) is 10.2. The molecule has 1 fully saturated rings. The first-order valence-electron chi connectivity index (χ1n) is 7.24. The van der Waals surface area contributed by atoms with Crippen molar-refractivity contribution in [2.24, 2.45) is 0 Å². The number of hydrogen-bond donors (Lipinski definition) is 1. The predicted octanol–water partition coefficient (Wildman–Crippen LogP) is 1.90. The van der Waals surface area contributed by atoms with Crippen LogP contribution in [-0.2, 0) is 6.54 Å². The fourth-order valence-corrected chi connectivity index (χ4v) is 2.50. The van der Waals surface area contributed by atoms with Crippen molar-refractivity contribution in [2.75, 3.05) is 0 Å². The van der Waals surface area contributed by atoms with Gasteiger partial charge in [0.25, 0.3) is 0 Å². The molecule has 0 aromatic carbocycles. The Morgan fingerprint density at radius 2 is 2.19 bits per heavy atom. The molecule has 21 heavy (non-hydrogen) atoms. The average Bonchev–Trinajstić information content (AvgIpc) is 3.07. The summed E-state index contributed by atoms with van der Waals surface area (Å²) in [6, 6.07) is 4.17. The topological polar surface area (TPSA) is 68.2 Å². The first kappa shape index (κ1) is 12.5. The summed E-state index contributed by atoms with van der Waals surface area (Å²) >= 11 is 0. The summed E-state index contributed by atoms with van der Waals surface area (Å²) in [5.74, 6) is 1.44. The van der Waals surface area contributed by atoms with Gasteiger partial charge in [-0.1, -0.05) is 6.07 Å². The molecule has 4 rings (SSSR count). The van der Waals surface area contributed by atoms with Gasteiger partial charge in [-0.05, 0) is 37.3 Å². The highest BCUT2D eigenvalue weighted by molar-refractivity contribution is 5.40. The molecule has 0 amide bonds. The quantitative estimate of drug-likeness (QED) is 0.794. The second-order valence-electron chi connectivity index (χ2n) is 5.71. The highest BCUT2D eigenvalue weighted by Gasteiger charge is 2.24. The number of aliphatic hydroxyl groups is 1. The molecule has 1 aliphatic rings. The zero-order valence-corrected chi connectivity index (χ0v) is 11.8. The highest BCUT2D eigenvalue weighted by atomic mass is 16.3. The largest absolute Gasteiger partial charge is 0.389 e. The van der Waals surface area contributed by atoms with Crippen molar-refractivity contribution < 1.29 is 5.11 Å². The summed E-state index contributed by atoms with van der Waals surface area (Å²) in [6.07, 6.45) is 7.63. The first-order valence-corrected chi connectivity index (χ1v) is 7.24. The van der Waals surface area contributed by atoms with Crippen LogP contribution < -0.4 is 0 Å². The van der Waals surface area contributed by atoms with Gasteiger partial charge in [-0.15, -0.1) is 5.10 Å². The van der Waals surface area contributed by atoms with Gasteiger partial charge in [-0.25, -0.2) is 9.50 Å². The molecule has 6 nitrogen and oxygen atoms in total. The van der Waals surface area contributed by atoms with Crippen LogP contribution >= 0.6 is 0 Å². The lowest BCUT2D eigenvalue weighted by Crippen LogP contribution is -2.02. The Morgan fingerprint density at radius 1 is 1.33 bits per heavy atom. The van der Waals surface area contributed by atoms with E-state index >= 15 is 0 Å². The summed E-state index contributed by atoms with van der Waals surface area (Å²) in [7, 11) is 0. The number of fused-ring (bicyclic) bond motifs is 1. The summed E-state index contributed by atoms with van der Waals surface area (Å²) in [5.41, 5.74) is 3.00. The number of hydrogen-bond acceptors (Lipinski definition) is 4. The molecule has 3 aromatic heterocycles. The van der Waals surface area contributed by atoms with E-state index in [2.05, 4.69) is 27.4 Å². The second-order valence-corrected chi connectivity index (χ2v) is 5.71. The molecule has 0 spiro atoms. The zero-order valence-electron chi connectivity index (χ0n) is 11.8. The van der Waals surface area contributed by atoms with Crippen LogP contribution in [0.25, 0.3) is 5.65 Å². The van der Waals surface area contributed by atoms with Crippen molar-refractivity contribution in [1.29, 1.82) is 0 Å². The third-order valence-electron chi connectivity index (χ3n) is 3.89. The van der Waals surface area contributed by atoms with E-state index in [0.29, 0.717) is 12.5 Å². The summed E-state index contributed by atoms with van der Waals surface area (Å²) in [4.78, 5) is 4.51. The number of rotatable bonds is 4. The molecule has 1 saturated carbocycles. The molecule has 108 valence electrons. The summed E-state index contributed by atoms with van der Waals surface area (Å²) in [6.45, 7) is 2.23. The molecule has 0 bridgehead atoms. The van der Waals surface area contributed by atoms with Gasteiger partial charge in [0.05, 0.1) is 12.3 Å². The standard InChI is InChI=1S/C15H17N5O/c1-10(21)13-6-16-19(7-13)9-14-17-15-5-4-12(11-2-3-11)8-20(15)18-14/h4-8,10-11,21H,2-3,9H2,1H3. The van der Waals surface area contributed by atoms with Gasteiger partial charge < -0.3 is 5.11 Å². The molecule has 1 atom stereocenters. The van der Waals surface area contributed by atoms with E-state index in [1.807, 2.05) is 16.8 Å². The average molecular weight is 283 g/mol. The molecule has 0 saturated heterocycles. The van der Waals surface area contributed by atoms with Crippen molar-refractivity contribution in [2.45, 2.75) is 38.3 Å². The normalized spacial score (nSPS) is 16.5. The maximum atomic E-state index is 9.52. The van der Waals surface area contributed by atoms with Crippen molar-refractivity contribution in [1.82, 2.24) is 24.4 Å². The molecule has 1 N–H and O–H groups in total. The van der Waals surface area contributed by atoms with Crippen LogP contribution in [0.2, 0.25) is 0 Å². The van der Waals surface area contributed by atoms with Crippen LogP contribution in [0.1, 0.15) is 48.7 Å². The number of nitrogens with zero attached hydrogens (tertiary/aromatic N) is 5. The van der Waals surface area contributed by atoms with Gasteiger partial charge in [0.2, 0.25) is 0 Å². The monoisotopic (exact) mass is 283 g/mol. The van der Waals surface area contributed by atoms with Gasteiger partial charge in [0, 0.05) is 18.0 Å². The van der Waals surface area contributed by atoms with Gasteiger partial charge in [-0.3, -0.25) is 4.68 Å². The zero-order chi connectivity index (χ0) is 14.4. The Bertz CT molecular complexity index is 784. The van der Waals surface area contributed by atoms with Crippen LogP contribution in [0.3, 0.4) is 0 Å². The van der Waals surface area contributed by atoms with E-state index in [9.17, 15) is 5.11 Å². The molecular formula is C15H17N5O. The van der Waals surface area contributed by atoms with Crippen LogP contribution in [-0.4, -0.2) is 29.5 Å². The molecule has 6 heteroatoms. The van der Waals surface area contributed by atoms with Crippen LogP contribution in [0.4, 0.5) is 0 Å². The van der Waals surface area contributed by atoms with E-state index in [0.717, 1.165) is 17.0 Å². The number of pyridine rings is 1. The molecule has 1 aliphatic carbocycles. The lowest BCUT2D eigenvalue weighted by molar-refractivity contribution is 0.199. The molecule has 3 heterocycles. The Morgan fingerprint density at radius 3 is 2.90 bits per heavy atom. The van der Waals surface area contributed by atoms with Crippen molar-refractivity contribution in [3.8, 4) is 0 Å². The molecule has 0 radical (unpaired) electrons. The van der Waals surface area contributed by atoms with Crippen molar-refractivity contribution >= 4 is 5.65 Å². The third kappa shape index (κ3) is 2.42. The van der Waals surface area contributed by atoms with Gasteiger partial charge in [0.1, 0.15) is 6.54 Å². The van der Waals surface area contributed by atoms with E-state index in [1.165, 1.54) is 18.4 Å². The fourth-order valence-electron chi connectivity index (χ4n) is 2.50. The Hall–Kier alpha value is -2.21. The minimum Gasteiger partial charge on any atom is -0.389 e. The van der Waals surface area contributed by atoms with Gasteiger partial charge >= 0.3 is 0 Å². The van der Waals surface area contributed by atoms with E-state index in [1.54, 1.807) is 17.8 Å². The Labute approximate surface area is 122 Å². The van der Waals surface area contributed by atoms with E-state index < -0.39 is 6.10 Å². The highest BCUT2D eigenvalue weighted by Crippen LogP contribution is 2.39. The molecule has 3 aromatic rings. The summed E-state index contributed by atoms with van der Waals surface area (Å²) < 4.78 is 3.60. The van der Waals surface area contributed by atoms with E-state index in [-0.39, 0.29) is 0 Å². The molecule has 0 aliphatic heterocycles. The van der Waals surface area contributed by atoms with Crippen molar-refractivity contribution in [3.05, 3.63) is 47.7 Å². The van der Waals surface area contributed by atoms with Crippen LogP contribution in [0.5, 0.6) is 0 Å².